The summed E-state index contributed by atoms with van der Waals surface area (Å²) in [4.78, 5) is 5.58. The van der Waals surface area contributed by atoms with Gasteiger partial charge in [0.05, 0.1) is 4.88 Å². The number of rotatable bonds is 5. The average Bonchev–Trinajstić information content (AvgIpc) is 3.13. The highest BCUT2D eigenvalue weighted by Gasteiger charge is 2.39. The molecule has 5 rings (SSSR count). The first-order valence-corrected chi connectivity index (χ1v) is 10.0. The molecule has 2 aromatic heterocycles. The number of benzene rings is 1. The van der Waals surface area contributed by atoms with E-state index in [1.54, 1.807) is 11.3 Å². The third-order valence-electron chi connectivity index (χ3n) is 5.33. The number of H-pyrrole nitrogens is 1. The third kappa shape index (κ3) is 2.93. The second kappa shape index (κ2) is 5.93. The Balaban J connectivity index is 1.41. The number of hydrogen-bond acceptors (Lipinski definition) is 5. The highest BCUT2D eigenvalue weighted by Crippen LogP contribution is 2.44. The smallest absolute Gasteiger partial charge is 0.152 e. The number of aliphatic hydroxyl groups is 1. The van der Waals surface area contributed by atoms with E-state index < -0.39 is 5.60 Å². The van der Waals surface area contributed by atoms with Crippen LogP contribution in [0.3, 0.4) is 0 Å². The summed E-state index contributed by atoms with van der Waals surface area (Å²) >= 11 is 1.60. The largest absolute Gasteiger partial charge is 0.383 e. The number of anilines is 2. The van der Waals surface area contributed by atoms with Gasteiger partial charge in [0, 0.05) is 29.6 Å². The quantitative estimate of drug-likeness (QED) is 0.604. The summed E-state index contributed by atoms with van der Waals surface area (Å²) < 4.78 is 0. The summed E-state index contributed by atoms with van der Waals surface area (Å²) in [5.41, 5.74) is 3.85. The molecule has 3 aromatic rings. The molecule has 6 heteroatoms. The highest BCUT2D eigenvalue weighted by atomic mass is 32.1. The number of hydrogen-bond donors (Lipinski definition) is 3. The molecule has 2 aliphatic carbocycles. The van der Waals surface area contributed by atoms with Crippen molar-refractivity contribution in [1.29, 1.82) is 0 Å². The lowest BCUT2D eigenvalue weighted by molar-refractivity contribution is -0.0389. The number of aromatic amines is 1. The van der Waals surface area contributed by atoms with Gasteiger partial charge in [0.15, 0.2) is 5.82 Å². The fraction of sp³-hybridized carbons (Fsp3) is 0.400. The maximum atomic E-state index is 10.5. The van der Waals surface area contributed by atoms with Crippen LogP contribution in [0.15, 0.2) is 30.5 Å². The summed E-state index contributed by atoms with van der Waals surface area (Å²) in [5.74, 6) is 1.52. The Kier molecular flexibility index (Phi) is 3.65. The topological polar surface area (TPSA) is 73.8 Å². The number of thiazole rings is 1. The predicted molar refractivity (Wildman–Crippen MR) is 104 cm³/mol. The van der Waals surface area contributed by atoms with Gasteiger partial charge in [-0.15, -0.1) is 11.3 Å². The van der Waals surface area contributed by atoms with E-state index in [9.17, 15) is 5.11 Å². The molecule has 26 heavy (non-hydrogen) atoms. The van der Waals surface area contributed by atoms with Gasteiger partial charge < -0.3 is 10.4 Å². The summed E-state index contributed by atoms with van der Waals surface area (Å²) in [6.45, 7) is 2.09. The van der Waals surface area contributed by atoms with Gasteiger partial charge in [-0.1, -0.05) is 6.07 Å². The molecule has 0 bridgehead atoms. The second-order valence-corrected chi connectivity index (χ2v) is 8.64. The minimum atomic E-state index is -0.692. The maximum absolute atomic E-state index is 10.5. The molecular formula is C20H22N4OS. The fourth-order valence-corrected chi connectivity index (χ4v) is 4.55. The van der Waals surface area contributed by atoms with Crippen molar-refractivity contribution in [1.82, 2.24) is 15.2 Å². The van der Waals surface area contributed by atoms with Crippen molar-refractivity contribution >= 4 is 22.8 Å². The first kappa shape index (κ1) is 16.0. The number of nitrogens with zero attached hydrogens (tertiary/aromatic N) is 2. The molecule has 3 N–H and O–H groups in total. The molecule has 0 saturated heterocycles. The Morgan fingerprint density at radius 1 is 1.23 bits per heavy atom. The number of nitrogens with one attached hydrogen (secondary N) is 2. The molecule has 2 heterocycles. The Hall–Kier alpha value is -2.18. The summed E-state index contributed by atoms with van der Waals surface area (Å²) in [7, 11) is 0. The highest BCUT2D eigenvalue weighted by molar-refractivity contribution is 7.15. The molecule has 5 nitrogen and oxygen atoms in total. The van der Waals surface area contributed by atoms with Gasteiger partial charge in [-0.05, 0) is 62.3 Å². The van der Waals surface area contributed by atoms with Gasteiger partial charge in [-0.25, -0.2) is 4.98 Å². The molecule has 1 aromatic carbocycles. The van der Waals surface area contributed by atoms with Crippen LogP contribution < -0.4 is 5.32 Å². The first-order valence-electron chi connectivity index (χ1n) is 9.22. The minimum Gasteiger partial charge on any atom is -0.383 e. The number of aromatic nitrogens is 3. The zero-order valence-electron chi connectivity index (χ0n) is 14.7. The van der Waals surface area contributed by atoms with Gasteiger partial charge in [-0.3, -0.25) is 5.10 Å². The lowest BCUT2D eigenvalue weighted by atomic mass is 9.81. The molecule has 0 amide bonds. The van der Waals surface area contributed by atoms with Crippen molar-refractivity contribution in [3.63, 3.8) is 0 Å². The van der Waals surface area contributed by atoms with Gasteiger partial charge in [0.1, 0.15) is 10.6 Å². The van der Waals surface area contributed by atoms with E-state index in [4.69, 9.17) is 0 Å². The van der Waals surface area contributed by atoms with Gasteiger partial charge in [-0.2, -0.15) is 5.10 Å². The van der Waals surface area contributed by atoms with Crippen molar-refractivity contribution in [3.8, 4) is 10.4 Å². The van der Waals surface area contributed by atoms with Gasteiger partial charge in [0.25, 0.3) is 0 Å². The molecule has 134 valence electrons. The third-order valence-corrected chi connectivity index (χ3v) is 6.57. The minimum absolute atomic E-state index is 0.666. The van der Waals surface area contributed by atoms with E-state index >= 15 is 0 Å². The molecule has 0 atom stereocenters. The average molecular weight is 366 g/mol. The predicted octanol–water partition coefficient (Wildman–Crippen LogP) is 4.83. The molecule has 2 aliphatic rings. The summed E-state index contributed by atoms with van der Waals surface area (Å²) in [6.07, 6.45) is 7.13. The Morgan fingerprint density at radius 3 is 2.81 bits per heavy atom. The van der Waals surface area contributed by atoms with Crippen molar-refractivity contribution in [2.24, 2.45) is 0 Å². The van der Waals surface area contributed by atoms with Crippen LogP contribution in [-0.4, -0.2) is 20.3 Å². The molecule has 2 saturated carbocycles. The molecule has 0 unspecified atom stereocenters. The van der Waals surface area contributed by atoms with Crippen LogP contribution in [0, 0.1) is 6.92 Å². The van der Waals surface area contributed by atoms with Crippen LogP contribution in [0.4, 0.5) is 11.5 Å². The Bertz CT molecular complexity index is 952. The second-order valence-electron chi connectivity index (χ2n) is 7.61. The van der Waals surface area contributed by atoms with Gasteiger partial charge >= 0.3 is 0 Å². The zero-order chi connectivity index (χ0) is 17.7. The number of aryl methyl sites for hydroxylation is 1. The van der Waals surface area contributed by atoms with Crippen molar-refractivity contribution in [2.75, 3.05) is 5.32 Å². The van der Waals surface area contributed by atoms with Crippen molar-refractivity contribution in [3.05, 3.63) is 46.7 Å². The van der Waals surface area contributed by atoms with E-state index in [0.29, 0.717) is 5.92 Å². The van der Waals surface area contributed by atoms with Crippen LogP contribution in [0.25, 0.3) is 10.4 Å². The van der Waals surface area contributed by atoms with E-state index in [-0.39, 0.29) is 0 Å². The van der Waals surface area contributed by atoms with Crippen LogP contribution in [0.5, 0.6) is 0 Å². The normalized spacial score (nSPS) is 18.5. The molecule has 0 radical (unpaired) electrons. The van der Waals surface area contributed by atoms with E-state index in [1.165, 1.54) is 24.1 Å². The lowest BCUT2D eigenvalue weighted by Crippen LogP contribution is -2.33. The van der Waals surface area contributed by atoms with E-state index in [1.807, 2.05) is 6.20 Å². The van der Waals surface area contributed by atoms with E-state index in [2.05, 4.69) is 51.7 Å². The monoisotopic (exact) mass is 366 g/mol. The summed E-state index contributed by atoms with van der Waals surface area (Å²) in [5, 5.41) is 22.3. The maximum Gasteiger partial charge on any atom is 0.152 e. The fourth-order valence-electron chi connectivity index (χ4n) is 3.50. The molecule has 0 spiro atoms. The molecular weight excluding hydrogens is 344 g/mol. The molecule has 0 aliphatic heterocycles. The van der Waals surface area contributed by atoms with Crippen LogP contribution in [-0.2, 0) is 5.60 Å². The summed E-state index contributed by atoms with van der Waals surface area (Å²) in [6, 6.07) is 8.51. The zero-order valence-corrected chi connectivity index (χ0v) is 15.6. The Labute approximate surface area is 156 Å². The molecule has 2 fully saturated rings. The van der Waals surface area contributed by atoms with E-state index in [0.717, 1.165) is 46.2 Å². The van der Waals surface area contributed by atoms with Crippen LogP contribution in [0.2, 0.25) is 0 Å². The lowest BCUT2D eigenvalue weighted by Gasteiger charge is -2.34. The first-order chi connectivity index (χ1) is 12.6. The van der Waals surface area contributed by atoms with Crippen molar-refractivity contribution in [2.45, 2.75) is 50.5 Å². The van der Waals surface area contributed by atoms with Crippen LogP contribution in [0.1, 0.15) is 54.3 Å². The van der Waals surface area contributed by atoms with Crippen molar-refractivity contribution < 1.29 is 5.11 Å². The SMILES string of the molecule is Cc1cc(Nc2cc(C3CC3)[nH]n2)cc(-c2cnc(C3(O)CCC3)s2)c1. The van der Waals surface area contributed by atoms with Crippen LogP contribution >= 0.6 is 11.3 Å². The standard InChI is InChI=1S/C20H22N4OS/c1-12-7-14(17-11-21-19(26-17)20(25)5-2-6-20)9-15(8-12)22-18-10-16(23-24-18)13-3-4-13/h7-11,13,25H,2-6H2,1H3,(H2,22,23,24). The Morgan fingerprint density at radius 2 is 2.08 bits per heavy atom. The van der Waals surface area contributed by atoms with Gasteiger partial charge in [0.2, 0.25) is 0 Å².